The lowest BCUT2D eigenvalue weighted by Crippen LogP contribution is -2.41. The first-order valence-corrected chi connectivity index (χ1v) is 13.9. The summed E-state index contributed by atoms with van der Waals surface area (Å²) in [6.45, 7) is 3.00. The molecule has 3 aromatic carbocycles. The van der Waals surface area contributed by atoms with Crippen molar-refractivity contribution in [3.8, 4) is 5.75 Å². The largest absolute Gasteiger partial charge is 0.489 e. The number of anilines is 2. The van der Waals surface area contributed by atoms with Crippen LogP contribution in [-0.4, -0.2) is 42.3 Å². The molecule has 2 amide bonds. The fourth-order valence-corrected chi connectivity index (χ4v) is 4.71. The number of carbonyl (C=O) groups is 4. The van der Waals surface area contributed by atoms with Crippen molar-refractivity contribution in [2.75, 3.05) is 29.6 Å². The van der Waals surface area contributed by atoms with Crippen molar-refractivity contribution in [2.45, 2.75) is 33.3 Å². The second-order valence-electron chi connectivity index (χ2n) is 9.18. The zero-order valence-electron chi connectivity index (χ0n) is 22.9. The Morgan fingerprint density at radius 2 is 1.55 bits per heavy atom. The summed E-state index contributed by atoms with van der Waals surface area (Å²) in [5.41, 5.74) is 3.25. The van der Waals surface area contributed by atoms with Crippen LogP contribution in [0.1, 0.15) is 31.4 Å². The monoisotopic (exact) mass is 562 g/mol. The van der Waals surface area contributed by atoms with E-state index in [0.717, 1.165) is 22.9 Å². The van der Waals surface area contributed by atoms with Gasteiger partial charge >= 0.3 is 5.97 Å². The van der Waals surface area contributed by atoms with Crippen LogP contribution < -0.4 is 15.0 Å². The van der Waals surface area contributed by atoms with E-state index in [1.165, 1.54) is 25.9 Å². The predicted octanol–water partition coefficient (Wildman–Crippen LogP) is 5.26. The zero-order chi connectivity index (χ0) is 28.9. The quantitative estimate of drug-likeness (QED) is 0.284. The number of rotatable bonds is 13. The average Bonchev–Trinajstić information content (AvgIpc) is 2.95. The fraction of sp³-hybridized carbons (Fsp3) is 0.290. The van der Waals surface area contributed by atoms with E-state index in [4.69, 9.17) is 9.47 Å². The number of esters is 1. The summed E-state index contributed by atoms with van der Waals surface area (Å²) in [6, 6.07) is 24.1. The third-order valence-electron chi connectivity index (χ3n) is 6.07. The van der Waals surface area contributed by atoms with Crippen molar-refractivity contribution in [2.24, 2.45) is 5.92 Å². The summed E-state index contributed by atoms with van der Waals surface area (Å²) >= 11 is 1.11. The van der Waals surface area contributed by atoms with Crippen molar-refractivity contribution in [1.82, 2.24) is 0 Å². The Balaban J connectivity index is 1.72. The molecule has 1 atom stereocenters. The molecule has 0 heterocycles. The topological polar surface area (TPSA) is 102 Å². The molecule has 1 N–H and O–H groups in total. The lowest BCUT2D eigenvalue weighted by atomic mass is 9.99. The third kappa shape index (κ3) is 9.89. The number of thioether (sulfide) groups is 1. The van der Waals surface area contributed by atoms with Gasteiger partial charge < -0.3 is 19.7 Å². The first kappa shape index (κ1) is 30.4. The maximum atomic E-state index is 13.8. The molecule has 0 bridgehead atoms. The van der Waals surface area contributed by atoms with Gasteiger partial charge in [0.2, 0.25) is 11.8 Å². The van der Waals surface area contributed by atoms with Gasteiger partial charge in [0.25, 0.3) is 0 Å². The Morgan fingerprint density at radius 1 is 0.875 bits per heavy atom. The summed E-state index contributed by atoms with van der Waals surface area (Å²) in [4.78, 5) is 50.3. The van der Waals surface area contributed by atoms with Crippen molar-refractivity contribution < 1.29 is 28.7 Å². The molecule has 0 aliphatic carbocycles. The van der Waals surface area contributed by atoms with Crippen LogP contribution in [0.3, 0.4) is 0 Å². The third-order valence-corrected chi connectivity index (χ3v) is 7.05. The number of nitrogens with one attached hydrogen (secondary N) is 1. The minimum atomic E-state index is -0.544. The zero-order valence-corrected chi connectivity index (χ0v) is 23.7. The van der Waals surface area contributed by atoms with E-state index in [2.05, 4.69) is 5.32 Å². The normalized spacial score (nSPS) is 11.3. The number of carbonyl (C=O) groups excluding carboxylic acids is 4. The Hall–Kier alpha value is -4.11. The molecule has 8 nitrogen and oxygen atoms in total. The molecule has 40 heavy (non-hydrogen) atoms. The second kappa shape index (κ2) is 15.5. The van der Waals surface area contributed by atoms with Crippen LogP contribution in [0.15, 0.2) is 78.9 Å². The Labute approximate surface area is 239 Å². The molecule has 0 aliphatic heterocycles. The highest BCUT2D eigenvalue weighted by molar-refractivity contribution is 8.13. The molecule has 0 aliphatic rings. The molecular weight excluding hydrogens is 528 g/mol. The SMILES string of the molecule is COC(=O)CN(C(=O)C(CCc1ccccc1)CSC(C)=O)c1ccc(OCc2ccc(NC(C)=O)cc2)cc1. The highest BCUT2D eigenvalue weighted by Gasteiger charge is 2.28. The number of amides is 2. The fourth-order valence-electron chi connectivity index (χ4n) is 3.97. The van der Waals surface area contributed by atoms with E-state index >= 15 is 0 Å². The van der Waals surface area contributed by atoms with Gasteiger partial charge in [-0.05, 0) is 60.4 Å². The number of hydrogen-bond acceptors (Lipinski definition) is 7. The Kier molecular flexibility index (Phi) is 11.8. The summed E-state index contributed by atoms with van der Waals surface area (Å²) in [5.74, 6) is -0.493. The molecule has 0 fully saturated rings. The molecule has 3 rings (SSSR count). The van der Waals surface area contributed by atoms with Crippen molar-refractivity contribution in [3.63, 3.8) is 0 Å². The number of aryl methyl sites for hydroxylation is 1. The molecule has 9 heteroatoms. The first-order valence-electron chi connectivity index (χ1n) is 12.9. The van der Waals surface area contributed by atoms with Gasteiger partial charge in [-0.3, -0.25) is 19.2 Å². The van der Waals surface area contributed by atoms with Gasteiger partial charge in [0.05, 0.1) is 7.11 Å². The van der Waals surface area contributed by atoms with E-state index in [0.29, 0.717) is 42.3 Å². The van der Waals surface area contributed by atoms with Crippen molar-refractivity contribution in [1.29, 1.82) is 0 Å². The highest BCUT2D eigenvalue weighted by Crippen LogP contribution is 2.25. The van der Waals surface area contributed by atoms with Crippen LogP contribution in [-0.2, 0) is 36.9 Å². The minimum Gasteiger partial charge on any atom is -0.489 e. The first-order chi connectivity index (χ1) is 19.2. The van der Waals surface area contributed by atoms with Crippen molar-refractivity contribution >= 4 is 46.0 Å². The minimum absolute atomic E-state index is 0.0664. The lowest BCUT2D eigenvalue weighted by Gasteiger charge is -2.27. The lowest BCUT2D eigenvalue weighted by molar-refractivity contribution is -0.140. The van der Waals surface area contributed by atoms with E-state index in [9.17, 15) is 19.2 Å². The van der Waals surface area contributed by atoms with Gasteiger partial charge in [0.15, 0.2) is 5.12 Å². The molecule has 210 valence electrons. The maximum Gasteiger partial charge on any atom is 0.325 e. The number of methoxy groups -OCH3 is 1. The van der Waals surface area contributed by atoms with E-state index in [-0.39, 0.29) is 23.5 Å². The van der Waals surface area contributed by atoms with Crippen LogP contribution in [0, 0.1) is 5.92 Å². The average molecular weight is 563 g/mol. The summed E-state index contributed by atoms with van der Waals surface area (Å²) < 4.78 is 10.7. The van der Waals surface area contributed by atoms with Gasteiger partial charge in [0, 0.05) is 36.9 Å². The van der Waals surface area contributed by atoms with Gasteiger partial charge in [-0.2, -0.15) is 0 Å². The predicted molar refractivity (Wildman–Crippen MR) is 157 cm³/mol. The Bertz CT molecular complexity index is 1280. The standard InChI is InChI=1S/C31H34N2O6S/c1-22(34)32-27-13-10-25(11-14-27)20-39-29-17-15-28(16-18-29)33(19-30(36)38-3)31(37)26(21-40-23(2)35)12-9-24-7-5-4-6-8-24/h4-8,10-11,13-18,26H,9,12,19-21H2,1-3H3,(H,32,34). The Morgan fingerprint density at radius 3 is 2.15 bits per heavy atom. The molecule has 0 saturated heterocycles. The van der Waals surface area contributed by atoms with E-state index in [1.54, 1.807) is 36.4 Å². The molecule has 1 unspecified atom stereocenters. The van der Waals surface area contributed by atoms with Crippen LogP contribution >= 0.6 is 11.8 Å². The summed E-state index contributed by atoms with van der Waals surface area (Å²) in [5, 5.41) is 2.66. The van der Waals surface area contributed by atoms with Gasteiger partial charge in [-0.1, -0.05) is 54.2 Å². The molecular formula is C31H34N2O6S. The highest BCUT2D eigenvalue weighted by atomic mass is 32.2. The molecule has 0 spiro atoms. The van der Waals surface area contributed by atoms with Gasteiger partial charge in [0.1, 0.15) is 18.9 Å². The number of nitrogens with zero attached hydrogens (tertiary/aromatic N) is 1. The number of benzene rings is 3. The molecule has 0 aromatic heterocycles. The van der Waals surface area contributed by atoms with Gasteiger partial charge in [-0.15, -0.1) is 0 Å². The number of ether oxygens (including phenoxy) is 2. The smallest absolute Gasteiger partial charge is 0.325 e. The summed E-state index contributed by atoms with van der Waals surface area (Å²) in [7, 11) is 1.28. The van der Waals surface area contributed by atoms with Gasteiger partial charge in [-0.25, -0.2) is 0 Å². The van der Waals surface area contributed by atoms with E-state index < -0.39 is 11.9 Å². The van der Waals surface area contributed by atoms with E-state index in [1.807, 2.05) is 42.5 Å². The van der Waals surface area contributed by atoms with Crippen molar-refractivity contribution in [3.05, 3.63) is 90.0 Å². The van der Waals surface area contributed by atoms with Crippen LogP contribution in [0.2, 0.25) is 0 Å². The molecule has 0 radical (unpaired) electrons. The van der Waals surface area contributed by atoms with Crippen LogP contribution in [0.5, 0.6) is 5.75 Å². The second-order valence-corrected chi connectivity index (χ2v) is 10.4. The van der Waals surface area contributed by atoms with Crippen LogP contribution in [0.25, 0.3) is 0 Å². The molecule has 3 aromatic rings. The van der Waals surface area contributed by atoms with Crippen LogP contribution in [0.4, 0.5) is 11.4 Å². The molecule has 0 saturated carbocycles. The number of hydrogen-bond donors (Lipinski definition) is 1. The summed E-state index contributed by atoms with van der Waals surface area (Å²) in [6.07, 6.45) is 1.20. The maximum absolute atomic E-state index is 13.8.